The summed E-state index contributed by atoms with van der Waals surface area (Å²) in [5.74, 6) is -3.06. The fraction of sp³-hybridized carbons (Fsp3) is 0.429. The monoisotopic (exact) mass is 527 g/mol. The molecule has 3 amide bonds. The van der Waals surface area contributed by atoms with E-state index in [9.17, 15) is 29.4 Å². The molecule has 2 aromatic carbocycles. The normalized spacial score (nSPS) is 13.1. The molecule has 0 aromatic heterocycles. The zero-order valence-corrected chi connectivity index (χ0v) is 22.1. The molecule has 3 atom stereocenters. The number of carbonyl (C=O) groups excluding carboxylic acids is 4. The van der Waals surface area contributed by atoms with Gasteiger partial charge in [-0.1, -0.05) is 50.2 Å². The van der Waals surface area contributed by atoms with Crippen LogP contribution >= 0.6 is 0 Å². The number of benzene rings is 2. The number of hydrogen-bond donors (Lipinski definition) is 4. The number of carbonyl (C=O) groups is 4. The van der Waals surface area contributed by atoms with Crippen LogP contribution in [0.1, 0.15) is 49.5 Å². The number of nitrogens with one attached hydrogen (secondary N) is 2. The third kappa shape index (κ3) is 8.97. The van der Waals surface area contributed by atoms with Crippen molar-refractivity contribution < 1.29 is 34.1 Å². The van der Waals surface area contributed by atoms with Gasteiger partial charge in [0.2, 0.25) is 0 Å². The van der Waals surface area contributed by atoms with E-state index in [0.29, 0.717) is 18.7 Å². The van der Waals surface area contributed by atoms with E-state index in [0.717, 1.165) is 18.4 Å². The van der Waals surface area contributed by atoms with Gasteiger partial charge in [0.15, 0.2) is 12.2 Å². The molecule has 10 heteroatoms. The maximum absolute atomic E-state index is 12.9. The lowest BCUT2D eigenvalue weighted by molar-refractivity contribution is -0.150. The van der Waals surface area contributed by atoms with Crippen LogP contribution in [0.3, 0.4) is 0 Å². The zero-order valence-electron chi connectivity index (χ0n) is 22.1. The summed E-state index contributed by atoms with van der Waals surface area (Å²) in [6, 6.07) is 13.9. The number of ether oxygens (including phenoxy) is 1. The largest absolute Gasteiger partial charge is 0.464 e. The number of nitrogens with zero attached hydrogens (tertiary/aromatic N) is 1. The predicted molar refractivity (Wildman–Crippen MR) is 142 cm³/mol. The highest BCUT2D eigenvalue weighted by Crippen LogP contribution is 2.15. The second-order valence-corrected chi connectivity index (χ2v) is 8.75. The van der Waals surface area contributed by atoms with Gasteiger partial charge in [0, 0.05) is 30.8 Å². The Kier molecular flexibility index (Phi) is 12.4. The van der Waals surface area contributed by atoms with Crippen molar-refractivity contribution in [2.24, 2.45) is 0 Å². The maximum atomic E-state index is 12.9. The van der Waals surface area contributed by atoms with Crippen LogP contribution in [0.25, 0.3) is 0 Å². The number of aliphatic hydroxyl groups is 2. The van der Waals surface area contributed by atoms with Crippen molar-refractivity contribution in [3.63, 3.8) is 0 Å². The Hall–Kier alpha value is -3.76. The van der Waals surface area contributed by atoms with Gasteiger partial charge in [0.05, 0.1) is 6.61 Å². The summed E-state index contributed by atoms with van der Waals surface area (Å²) in [7, 11) is 0. The van der Waals surface area contributed by atoms with E-state index in [4.69, 9.17) is 4.74 Å². The molecule has 4 N–H and O–H groups in total. The molecule has 38 heavy (non-hydrogen) atoms. The molecule has 0 aliphatic rings. The van der Waals surface area contributed by atoms with Crippen LogP contribution < -0.4 is 10.6 Å². The molecule has 10 nitrogen and oxygen atoms in total. The molecule has 0 saturated heterocycles. The summed E-state index contributed by atoms with van der Waals surface area (Å²) in [5.41, 5.74) is 1.31. The Morgan fingerprint density at radius 3 is 2.11 bits per heavy atom. The lowest BCUT2D eigenvalue weighted by Crippen LogP contribution is -2.52. The first-order chi connectivity index (χ1) is 18.2. The van der Waals surface area contributed by atoms with Gasteiger partial charge in [0.1, 0.15) is 6.04 Å². The highest BCUT2D eigenvalue weighted by atomic mass is 16.5. The van der Waals surface area contributed by atoms with E-state index in [1.54, 1.807) is 54.3 Å². The number of rotatable bonds is 14. The van der Waals surface area contributed by atoms with E-state index in [2.05, 4.69) is 10.6 Å². The molecule has 0 heterocycles. The summed E-state index contributed by atoms with van der Waals surface area (Å²) in [5, 5.41) is 25.5. The topological polar surface area (TPSA) is 145 Å². The van der Waals surface area contributed by atoms with Crippen molar-refractivity contribution in [1.82, 2.24) is 10.2 Å². The van der Waals surface area contributed by atoms with Crippen molar-refractivity contribution in [1.29, 1.82) is 0 Å². The first-order valence-electron chi connectivity index (χ1n) is 12.8. The number of amides is 3. The van der Waals surface area contributed by atoms with Gasteiger partial charge in [-0.3, -0.25) is 14.4 Å². The Morgan fingerprint density at radius 1 is 0.868 bits per heavy atom. The van der Waals surface area contributed by atoms with E-state index in [1.165, 1.54) is 12.1 Å². The summed E-state index contributed by atoms with van der Waals surface area (Å²) in [6.45, 7) is 6.86. The predicted octanol–water partition coefficient (Wildman–Crippen LogP) is 1.90. The van der Waals surface area contributed by atoms with Gasteiger partial charge in [-0.2, -0.15) is 0 Å². The molecule has 0 saturated carbocycles. The second kappa shape index (κ2) is 15.5. The zero-order chi connectivity index (χ0) is 28.1. The van der Waals surface area contributed by atoms with Crippen LogP contribution in [0.2, 0.25) is 0 Å². The van der Waals surface area contributed by atoms with Crippen molar-refractivity contribution in [2.45, 2.75) is 58.3 Å². The molecule has 206 valence electrons. The lowest BCUT2D eigenvalue weighted by atomic mass is 10.0. The molecule has 0 spiro atoms. The summed E-state index contributed by atoms with van der Waals surface area (Å²) < 4.78 is 5.01. The minimum Gasteiger partial charge on any atom is -0.464 e. The van der Waals surface area contributed by atoms with Gasteiger partial charge in [-0.25, -0.2) is 4.79 Å². The quantitative estimate of drug-likeness (QED) is 0.275. The maximum Gasteiger partial charge on any atom is 0.328 e. The lowest BCUT2D eigenvalue weighted by Gasteiger charge is -2.22. The number of aliphatic hydroxyl groups excluding tert-OH is 2. The highest BCUT2D eigenvalue weighted by Gasteiger charge is 2.33. The van der Waals surface area contributed by atoms with Crippen LogP contribution in [0.5, 0.6) is 0 Å². The molecule has 0 aliphatic carbocycles. The van der Waals surface area contributed by atoms with Crippen molar-refractivity contribution in [3.05, 3.63) is 65.7 Å². The second-order valence-electron chi connectivity index (χ2n) is 8.75. The van der Waals surface area contributed by atoms with Crippen molar-refractivity contribution in [2.75, 3.05) is 25.0 Å². The summed E-state index contributed by atoms with van der Waals surface area (Å²) >= 11 is 0. The number of esters is 1. The van der Waals surface area contributed by atoms with Crippen LogP contribution in [0, 0.1) is 0 Å². The van der Waals surface area contributed by atoms with Gasteiger partial charge in [0.25, 0.3) is 17.7 Å². The van der Waals surface area contributed by atoms with Gasteiger partial charge in [-0.15, -0.1) is 0 Å². The Balaban J connectivity index is 2.07. The summed E-state index contributed by atoms with van der Waals surface area (Å²) in [6.07, 6.45) is -2.59. The van der Waals surface area contributed by atoms with Crippen LogP contribution in [-0.2, 0) is 25.5 Å². The van der Waals surface area contributed by atoms with Crippen LogP contribution in [0.15, 0.2) is 54.6 Å². The Labute approximate surface area is 223 Å². The average molecular weight is 528 g/mol. The molecular formula is C28H37N3O7. The van der Waals surface area contributed by atoms with E-state index < -0.39 is 36.0 Å². The number of hydrogen-bond acceptors (Lipinski definition) is 7. The highest BCUT2D eigenvalue weighted by molar-refractivity contribution is 6.00. The molecular weight excluding hydrogens is 490 g/mol. The minimum absolute atomic E-state index is 0.0871. The average Bonchev–Trinajstić information content (AvgIpc) is 2.92. The van der Waals surface area contributed by atoms with E-state index >= 15 is 0 Å². The fourth-order valence-electron chi connectivity index (χ4n) is 3.81. The van der Waals surface area contributed by atoms with E-state index in [1.807, 2.05) is 13.8 Å². The standard InChI is InChI=1S/C28H37N3O7/c1-4-15-31(16-5-2)27(36)20-13-10-14-21(18-20)29-25(34)23(32)24(33)26(35)30-22(28(37)38-6-3)17-19-11-8-7-9-12-19/h7-14,18,22-24,32-33H,4-6,15-17H2,1-3H3,(H,29,34)(H,30,35)/t22-,23+,24+/m0/s1. The molecule has 2 aromatic rings. The Morgan fingerprint density at radius 2 is 1.50 bits per heavy atom. The summed E-state index contributed by atoms with van der Waals surface area (Å²) in [4.78, 5) is 52.2. The van der Waals surface area contributed by atoms with Gasteiger partial charge in [-0.05, 0) is 43.5 Å². The smallest absolute Gasteiger partial charge is 0.328 e. The first kappa shape index (κ1) is 30.5. The van der Waals surface area contributed by atoms with Crippen molar-refractivity contribution in [3.8, 4) is 0 Å². The first-order valence-corrected chi connectivity index (χ1v) is 12.8. The third-order valence-electron chi connectivity index (χ3n) is 5.66. The molecule has 0 fully saturated rings. The van der Waals surface area contributed by atoms with Crippen LogP contribution in [0.4, 0.5) is 5.69 Å². The van der Waals surface area contributed by atoms with Gasteiger partial charge < -0.3 is 30.5 Å². The molecule has 0 radical (unpaired) electrons. The minimum atomic E-state index is -2.16. The van der Waals surface area contributed by atoms with Gasteiger partial charge >= 0.3 is 5.97 Å². The Bertz CT molecular complexity index is 1070. The van der Waals surface area contributed by atoms with Crippen molar-refractivity contribution >= 4 is 29.4 Å². The molecule has 0 bridgehead atoms. The fourth-order valence-corrected chi connectivity index (χ4v) is 3.81. The van der Waals surface area contributed by atoms with E-state index in [-0.39, 0.29) is 24.6 Å². The van der Waals surface area contributed by atoms with Crippen LogP contribution in [-0.4, -0.2) is 76.7 Å². The molecule has 2 rings (SSSR count). The number of anilines is 1. The SMILES string of the molecule is CCCN(CCC)C(=O)c1cccc(NC(=O)[C@H](O)[C@@H](O)C(=O)N[C@@H](Cc2ccccc2)C(=O)OCC)c1. The molecule has 0 aliphatic heterocycles. The molecule has 0 unspecified atom stereocenters. The third-order valence-corrected chi connectivity index (χ3v) is 5.66.